The van der Waals surface area contributed by atoms with E-state index in [0.29, 0.717) is 22.7 Å². The number of ether oxygens (including phenoxy) is 2. The molecule has 0 radical (unpaired) electrons. The molecule has 0 aliphatic carbocycles. The number of ketones is 2. The average Bonchev–Trinajstić information content (AvgIpc) is 3.43. The summed E-state index contributed by atoms with van der Waals surface area (Å²) >= 11 is 0. The molecular formula is C35H36N2O5. The van der Waals surface area contributed by atoms with Crippen molar-refractivity contribution < 1.29 is 23.9 Å². The predicted octanol–water partition coefficient (Wildman–Crippen LogP) is 5.99. The Kier molecular flexibility index (Phi) is 6.33. The highest BCUT2D eigenvalue weighted by atomic mass is 16.5. The summed E-state index contributed by atoms with van der Waals surface area (Å²) < 4.78 is 11.0. The van der Waals surface area contributed by atoms with Crippen LogP contribution < -0.4 is 19.7 Å². The lowest BCUT2D eigenvalue weighted by Crippen LogP contribution is -2.51. The molecule has 42 heavy (non-hydrogen) atoms. The minimum Gasteiger partial charge on any atom is -0.493 e. The molecule has 3 aromatic rings. The molecule has 1 fully saturated rings. The third kappa shape index (κ3) is 3.75. The molecule has 0 saturated carbocycles. The molecule has 7 nitrogen and oxygen atoms in total. The average molecular weight is 565 g/mol. The van der Waals surface area contributed by atoms with Crippen LogP contribution in [0.4, 0.5) is 11.4 Å². The summed E-state index contributed by atoms with van der Waals surface area (Å²) in [6, 6.07) is 17.2. The van der Waals surface area contributed by atoms with Crippen LogP contribution in [0.5, 0.6) is 11.5 Å². The lowest BCUT2D eigenvalue weighted by Gasteiger charge is -2.40. The van der Waals surface area contributed by atoms with E-state index in [0.717, 1.165) is 28.0 Å². The molecule has 1 spiro atoms. The predicted molar refractivity (Wildman–Crippen MR) is 163 cm³/mol. The van der Waals surface area contributed by atoms with E-state index in [-0.39, 0.29) is 17.5 Å². The second-order valence-electron chi connectivity index (χ2n) is 12.6. The zero-order valence-electron chi connectivity index (χ0n) is 25.1. The van der Waals surface area contributed by atoms with Crippen LogP contribution in [0.15, 0.2) is 66.7 Å². The molecule has 3 aromatic carbocycles. The van der Waals surface area contributed by atoms with Gasteiger partial charge in [0, 0.05) is 27.9 Å². The lowest BCUT2D eigenvalue weighted by molar-refractivity contribution is -0.128. The van der Waals surface area contributed by atoms with E-state index in [1.807, 2.05) is 71.0 Å². The number of para-hydroxylation sites is 1. The van der Waals surface area contributed by atoms with Crippen LogP contribution in [0.1, 0.15) is 54.7 Å². The number of rotatable bonds is 5. The van der Waals surface area contributed by atoms with E-state index in [2.05, 4.69) is 22.4 Å². The summed E-state index contributed by atoms with van der Waals surface area (Å²) in [5.41, 5.74) is 3.56. The number of carbonyl (C=O) groups is 3. The van der Waals surface area contributed by atoms with Crippen molar-refractivity contribution in [3.8, 4) is 11.5 Å². The highest BCUT2D eigenvalue weighted by Gasteiger charge is 2.71. The van der Waals surface area contributed by atoms with E-state index in [4.69, 9.17) is 9.47 Å². The number of hydrogen-bond acceptors (Lipinski definition) is 6. The van der Waals surface area contributed by atoms with Crippen molar-refractivity contribution in [2.45, 2.75) is 52.1 Å². The maximum absolute atomic E-state index is 15.0. The van der Waals surface area contributed by atoms with Gasteiger partial charge in [-0.05, 0) is 61.4 Å². The Morgan fingerprint density at radius 1 is 0.929 bits per heavy atom. The van der Waals surface area contributed by atoms with Crippen molar-refractivity contribution in [2.24, 2.45) is 11.3 Å². The standard InChI is InChI=1S/C35H36N2O5/c1-19-12-14-25-22(16-19)20(2)17-28-35(23-10-8-9-11-24(23)36-33(35)40)29(30(37(25)28)32(39)34(3,4)5)31(38)21-13-15-26(41-6)27(18-21)42-7/h8-18,28-30H,1-7H3,(H,36,40)/t28-,29+,30-,35+/m1/s1. The number of nitrogens with zero attached hydrogens (tertiary/aromatic N) is 1. The summed E-state index contributed by atoms with van der Waals surface area (Å²) in [6.07, 6.45) is 2.08. The minimum atomic E-state index is -1.35. The number of fused-ring (bicyclic) bond motifs is 6. The van der Waals surface area contributed by atoms with E-state index >= 15 is 0 Å². The quantitative estimate of drug-likeness (QED) is 0.383. The Morgan fingerprint density at radius 2 is 1.64 bits per heavy atom. The van der Waals surface area contributed by atoms with Crippen molar-refractivity contribution in [3.05, 3.63) is 89.0 Å². The topological polar surface area (TPSA) is 84.9 Å². The van der Waals surface area contributed by atoms with Crippen LogP contribution in [0, 0.1) is 18.3 Å². The van der Waals surface area contributed by atoms with E-state index in [1.54, 1.807) is 18.2 Å². The first-order valence-corrected chi connectivity index (χ1v) is 14.2. The van der Waals surface area contributed by atoms with Gasteiger partial charge >= 0.3 is 0 Å². The number of nitrogens with one attached hydrogen (secondary N) is 1. The van der Waals surface area contributed by atoms with E-state index in [1.165, 1.54) is 14.2 Å². The Morgan fingerprint density at radius 3 is 2.33 bits per heavy atom. The van der Waals surface area contributed by atoms with E-state index < -0.39 is 28.8 Å². The monoisotopic (exact) mass is 564 g/mol. The third-order valence-electron chi connectivity index (χ3n) is 9.09. The van der Waals surface area contributed by atoms with Gasteiger partial charge in [0.05, 0.1) is 26.2 Å². The smallest absolute Gasteiger partial charge is 0.238 e. The largest absolute Gasteiger partial charge is 0.493 e. The molecule has 6 rings (SSSR count). The number of hydrogen-bond donors (Lipinski definition) is 1. The number of allylic oxidation sites excluding steroid dienone is 1. The van der Waals surface area contributed by atoms with Crippen molar-refractivity contribution in [3.63, 3.8) is 0 Å². The van der Waals surface area contributed by atoms with Gasteiger partial charge in [0.1, 0.15) is 11.5 Å². The summed E-state index contributed by atoms with van der Waals surface area (Å²) in [5, 5.41) is 3.08. The normalized spacial score (nSPS) is 24.0. The van der Waals surface area contributed by atoms with E-state index in [9.17, 15) is 14.4 Å². The highest BCUT2D eigenvalue weighted by molar-refractivity contribution is 6.17. The van der Waals surface area contributed by atoms with Crippen LogP contribution in [-0.4, -0.2) is 43.8 Å². The van der Waals surface area contributed by atoms with Gasteiger partial charge in [-0.25, -0.2) is 0 Å². The number of aryl methyl sites for hydroxylation is 1. The highest BCUT2D eigenvalue weighted by Crippen LogP contribution is 2.59. The summed E-state index contributed by atoms with van der Waals surface area (Å²) in [6.45, 7) is 9.68. The first-order chi connectivity index (χ1) is 19.9. The maximum Gasteiger partial charge on any atom is 0.238 e. The molecule has 3 aliphatic rings. The molecule has 0 bridgehead atoms. The lowest BCUT2D eigenvalue weighted by atomic mass is 9.63. The maximum atomic E-state index is 15.0. The van der Waals surface area contributed by atoms with Gasteiger partial charge in [-0.15, -0.1) is 0 Å². The zero-order valence-corrected chi connectivity index (χ0v) is 25.1. The number of amides is 1. The number of carbonyl (C=O) groups excluding carboxylic acids is 3. The zero-order chi connectivity index (χ0) is 30.1. The molecule has 1 saturated heterocycles. The van der Waals surface area contributed by atoms with Crippen molar-refractivity contribution in [1.82, 2.24) is 0 Å². The van der Waals surface area contributed by atoms with Gasteiger partial charge in [-0.3, -0.25) is 14.4 Å². The SMILES string of the molecule is COc1ccc(C(=O)[C@@H]2[C@H](C(=O)C(C)(C)C)N3c4ccc(C)cc4C(C)=C[C@@H]3[C@]23C(=O)Nc2ccccc23)cc1OC. The Balaban J connectivity index is 1.69. The van der Waals surface area contributed by atoms with Crippen LogP contribution in [-0.2, 0) is 15.0 Å². The number of benzene rings is 3. The van der Waals surface area contributed by atoms with Crippen molar-refractivity contribution >= 4 is 34.4 Å². The molecule has 1 N–H and O–H groups in total. The van der Waals surface area contributed by atoms with Crippen LogP contribution in [0.25, 0.3) is 5.57 Å². The summed E-state index contributed by atoms with van der Waals surface area (Å²) in [7, 11) is 3.05. The van der Waals surface area contributed by atoms with Gasteiger partial charge in [0.2, 0.25) is 5.91 Å². The molecule has 3 heterocycles. The van der Waals surface area contributed by atoms with Gasteiger partial charge in [-0.2, -0.15) is 0 Å². The summed E-state index contributed by atoms with van der Waals surface area (Å²) in [4.78, 5) is 46.2. The van der Waals surface area contributed by atoms with Crippen molar-refractivity contribution in [1.29, 1.82) is 0 Å². The van der Waals surface area contributed by atoms with Crippen LogP contribution in [0.2, 0.25) is 0 Å². The fraction of sp³-hybridized carbons (Fsp3) is 0.343. The molecule has 0 unspecified atom stereocenters. The second kappa shape index (κ2) is 9.58. The Bertz CT molecular complexity index is 1680. The van der Waals surface area contributed by atoms with Gasteiger partial charge in [-0.1, -0.05) is 56.7 Å². The second-order valence-corrected chi connectivity index (χ2v) is 12.6. The van der Waals surface area contributed by atoms with Crippen LogP contribution >= 0.6 is 0 Å². The fourth-order valence-electron chi connectivity index (χ4n) is 7.16. The minimum absolute atomic E-state index is 0.0974. The molecule has 3 aliphatic heterocycles. The molecule has 1 amide bonds. The first-order valence-electron chi connectivity index (χ1n) is 14.2. The molecule has 216 valence electrons. The number of methoxy groups -OCH3 is 2. The third-order valence-corrected chi connectivity index (χ3v) is 9.09. The number of Topliss-reactive ketones (excluding diaryl/α,β-unsaturated/α-hetero) is 2. The van der Waals surface area contributed by atoms with Crippen LogP contribution in [0.3, 0.4) is 0 Å². The summed E-state index contributed by atoms with van der Waals surface area (Å²) in [5.74, 6) is -0.797. The van der Waals surface area contributed by atoms with Gasteiger partial charge in [0.25, 0.3) is 0 Å². The molecule has 0 aromatic heterocycles. The molecule has 4 atom stereocenters. The molecule has 7 heteroatoms. The first kappa shape index (κ1) is 27.8. The van der Waals surface area contributed by atoms with Gasteiger partial charge in [0.15, 0.2) is 23.1 Å². The molecular weight excluding hydrogens is 528 g/mol. The van der Waals surface area contributed by atoms with Gasteiger partial charge < -0.3 is 19.7 Å². The fourth-order valence-corrected chi connectivity index (χ4v) is 7.16. The van der Waals surface area contributed by atoms with Crippen molar-refractivity contribution in [2.75, 3.05) is 24.4 Å². The number of anilines is 2. The Labute approximate surface area is 246 Å². The Hall–Kier alpha value is -4.39.